The first-order valence-corrected chi connectivity index (χ1v) is 9.82. The van der Waals surface area contributed by atoms with Crippen LogP contribution in [0.25, 0.3) is 3.58 Å². The zero-order valence-corrected chi connectivity index (χ0v) is 16.3. The second-order valence-electron chi connectivity index (χ2n) is 6.64. The van der Waals surface area contributed by atoms with Gasteiger partial charge < -0.3 is 0 Å². The maximum absolute atomic E-state index is 2.58. The van der Waals surface area contributed by atoms with Gasteiger partial charge in [-0.3, -0.25) is 0 Å². The van der Waals surface area contributed by atoms with Crippen LogP contribution in [0.2, 0.25) is 0 Å². The third-order valence-electron chi connectivity index (χ3n) is 5.20. The van der Waals surface area contributed by atoms with Crippen LogP contribution in [0.4, 0.5) is 0 Å². The molecule has 1 atom stereocenters. The van der Waals surface area contributed by atoms with E-state index in [9.17, 15) is 0 Å². The fourth-order valence-electron chi connectivity index (χ4n) is 3.84. The Bertz CT molecular complexity index is 699. The van der Waals surface area contributed by atoms with Gasteiger partial charge in [0.15, 0.2) is 0 Å². The Hall–Kier alpha value is -1.09. The van der Waals surface area contributed by atoms with E-state index in [0.717, 1.165) is 0 Å². The van der Waals surface area contributed by atoms with Crippen molar-refractivity contribution in [3.8, 4) is 0 Å². The van der Waals surface area contributed by atoms with E-state index < -0.39 is 0 Å². The third kappa shape index (κ3) is 3.00. The molecular formula is C22H25I. The van der Waals surface area contributed by atoms with E-state index in [0.29, 0.717) is 0 Å². The van der Waals surface area contributed by atoms with Crippen LogP contribution < -0.4 is 0 Å². The standard InChI is InChI=1S/C22H25I/c1-3-4-5-9-16-20-21(23)18-14-10-11-15-19(18)22(20,2)17-12-7-6-8-13-17/h6-8,10-15H,3-5,9,16H2,1-2H3. The number of rotatable bonds is 6. The van der Waals surface area contributed by atoms with E-state index in [2.05, 4.69) is 91.0 Å². The summed E-state index contributed by atoms with van der Waals surface area (Å²) in [4.78, 5) is 0. The quantitative estimate of drug-likeness (QED) is 0.347. The molecule has 0 nitrogen and oxygen atoms in total. The van der Waals surface area contributed by atoms with Gasteiger partial charge >= 0.3 is 0 Å². The van der Waals surface area contributed by atoms with Crippen LogP contribution >= 0.6 is 22.6 Å². The topological polar surface area (TPSA) is 0 Å². The van der Waals surface area contributed by atoms with Crippen molar-refractivity contribution in [1.82, 2.24) is 0 Å². The van der Waals surface area contributed by atoms with E-state index in [-0.39, 0.29) is 5.41 Å². The van der Waals surface area contributed by atoms with Crippen LogP contribution in [0.15, 0.2) is 60.2 Å². The molecule has 0 aromatic heterocycles. The summed E-state index contributed by atoms with van der Waals surface area (Å²) < 4.78 is 1.47. The molecule has 2 aromatic rings. The number of halogens is 1. The minimum absolute atomic E-state index is 0.0284. The van der Waals surface area contributed by atoms with Crippen LogP contribution in [0.1, 0.15) is 62.6 Å². The van der Waals surface area contributed by atoms with Crippen LogP contribution in [0.5, 0.6) is 0 Å². The summed E-state index contributed by atoms with van der Waals surface area (Å²) >= 11 is 2.58. The van der Waals surface area contributed by atoms with E-state index in [1.165, 1.54) is 52.4 Å². The Labute approximate surface area is 154 Å². The Morgan fingerprint density at radius 3 is 2.30 bits per heavy atom. The monoisotopic (exact) mass is 416 g/mol. The first-order chi connectivity index (χ1) is 11.2. The largest absolute Gasteiger partial charge is 0.0654 e. The molecule has 1 aliphatic rings. The number of unbranched alkanes of at least 4 members (excludes halogenated alkanes) is 3. The van der Waals surface area contributed by atoms with Gasteiger partial charge in [-0.15, -0.1) is 0 Å². The van der Waals surface area contributed by atoms with Gasteiger partial charge in [-0.1, -0.05) is 80.8 Å². The minimum atomic E-state index is 0.0284. The highest BCUT2D eigenvalue weighted by Crippen LogP contribution is 2.53. The zero-order chi connectivity index (χ0) is 16.3. The predicted octanol–water partition coefficient (Wildman–Crippen LogP) is 7.12. The first-order valence-electron chi connectivity index (χ1n) is 8.74. The van der Waals surface area contributed by atoms with Gasteiger partial charge in [0.25, 0.3) is 0 Å². The van der Waals surface area contributed by atoms with Gasteiger partial charge in [-0.25, -0.2) is 0 Å². The number of fused-ring (bicyclic) bond motifs is 1. The summed E-state index contributed by atoms with van der Waals surface area (Å²) in [5.41, 5.74) is 5.97. The molecule has 0 saturated heterocycles. The first kappa shape index (κ1) is 16.8. The van der Waals surface area contributed by atoms with Gasteiger partial charge in [0.2, 0.25) is 0 Å². The van der Waals surface area contributed by atoms with Gasteiger partial charge in [0.1, 0.15) is 0 Å². The van der Waals surface area contributed by atoms with Gasteiger partial charge in [-0.05, 0) is 64.6 Å². The highest BCUT2D eigenvalue weighted by molar-refractivity contribution is 14.1. The molecule has 0 spiro atoms. The second-order valence-corrected chi connectivity index (χ2v) is 7.72. The van der Waals surface area contributed by atoms with Crippen LogP contribution in [0, 0.1) is 0 Å². The fourth-order valence-corrected chi connectivity index (χ4v) is 5.12. The average Bonchev–Trinajstić information content (AvgIpc) is 2.82. The molecule has 0 bridgehead atoms. The summed E-state index contributed by atoms with van der Waals surface area (Å²) in [5, 5.41) is 0. The van der Waals surface area contributed by atoms with Crippen molar-refractivity contribution >= 4 is 26.2 Å². The Balaban J connectivity index is 2.03. The molecule has 0 amide bonds. The van der Waals surface area contributed by atoms with Crippen molar-refractivity contribution in [2.75, 3.05) is 0 Å². The smallest absolute Gasteiger partial charge is 0.0402 e. The Morgan fingerprint density at radius 2 is 1.57 bits per heavy atom. The lowest BCUT2D eigenvalue weighted by Gasteiger charge is -2.31. The molecule has 23 heavy (non-hydrogen) atoms. The maximum Gasteiger partial charge on any atom is 0.0402 e. The molecule has 1 heteroatoms. The molecule has 0 heterocycles. The summed E-state index contributed by atoms with van der Waals surface area (Å²) in [6.07, 6.45) is 6.49. The molecule has 120 valence electrons. The lowest BCUT2D eigenvalue weighted by Crippen LogP contribution is -2.24. The SMILES string of the molecule is CCCCCCC1=C(I)c2ccccc2C1(C)c1ccccc1. The van der Waals surface area contributed by atoms with Gasteiger partial charge in [0.05, 0.1) is 0 Å². The Kier molecular flexibility index (Phi) is 5.25. The van der Waals surface area contributed by atoms with E-state index in [1.807, 2.05) is 0 Å². The lowest BCUT2D eigenvalue weighted by molar-refractivity contribution is 0.603. The van der Waals surface area contributed by atoms with Crippen LogP contribution in [0.3, 0.4) is 0 Å². The summed E-state index contributed by atoms with van der Waals surface area (Å²) in [7, 11) is 0. The zero-order valence-electron chi connectivity index (χ0n) is 14.1. The van der Waals surface area contributed by atoms with Gasteiger partial charge in [-0.2, -0.15) is 0 Å². The molecule has 3 rings (SSSR count). The third-order valence-corrected chi connectivity index (χ3v) is 6.43. The van der Waals surface area contributed by atoms with Crippen LogP contribution in [-0.2, 0) is 5.41 Å². The lowest BCUT2D eigenvalue weighted by atomic mass is 9.72. The summed E-state index contributed by atoms with van der Waals surface area (Å²) in [6, 6.07) is 20.0. The van der Waals surface area contributed by atoms with E-state index >= 15 is 0 Å². The number of benzene rings is 2. The molecule has 1 unspecified atom stereocenters. The van der Waals surface area contributed by atoms with E-state index in [1.54, 1.807) is 5.57 Å². The van der Waals surface area contributed by atoms with Crippen molar-refractivity contribution in [2.45, 2.75) is 51.4 Å². The Morgan fingerprint density at radius 1 is 0.870 bits per heavy atom. The minimum Gasteiger partial charge on any atom is -0.0654 e. The number of allylic oxidation sites excluding steroid dienone is 1. The molecule has 1 aliphatic carbocycles. The van der Waals surface area contributed by atoms with Crippen molar-refractivity contribution in [1.29, 1.82) is 0 Å². The van der Waals surface area contributed by atoms with Crippen molar-refractivity contribution in [2.24, 2.45) is 0 Å². The summed E-state index contributed by atoms with van der Waals surface area (Å²) in [6.45, 7) is 4.70. The highest BCUT2D eigenvalue weighted by atomic mass is 127. The van der Waals surface area contributed by atoms with Crippen molar-refractivity contribution in [3.63, 3.8) is 0 Å². The second kappa shape index (κ2) is 7.21. The number of hydrogen-bond donors (Lipinski definition) is 0. The number of hydrogen-bond acceptors (Lipinski definition) is 0. The van der Waals surface area contributed by atoms with Crippen molar-refractivity contribution < 1.29 is 0 Å². The molecule has 0 radical (unpaired) electrons. The summed E-state index contributed by atoms with van der Waals surface area (Å²) in [5.74, 6) is 0. The highest BCUT2D eigenvalue weighted by Gasteiger charge is 2.41. The van der Waals surface area contributed by atoms with E-state index in [4.69, 9.17) is 0 Å². The predicted molar refractivity (Wildman–Crippen MR) is 109 cm³/mol. The fraction of sp³-hybridized carbons (Fsp3) is 0.364. The normalized spacial score (nSPS) is 20.0. The average molecular weight is 416 g/mol. The molecule has 0 aliphatic heterocycles. The molecule has 0 saturated carbocycles. The molecular weight excluding hydrogens is 391 g/mol. The maximum atomic E-state index is 2.58. The molecule has 0 N–H and O–H groups in total. The van der Waals surface area contributed by atoms with Gasteiger partial charge in [0, 0.05) is 8.99 Å². The van der Waals surface area contributed by atoms with Crippen LogP contribution in [-0.4, -0.2) is 0 Å². The molecule has 0 fully saturated rings. The molecule has 2 aromatic carbocycles. The van der Waals surface area contributed by atoms with Crippen molar-refractivity contribution in [3.05, 3.63) is 76.9 Å².